The van der Waals surface area contributed by atoms with Crippen molar-refractivity contribution < 1.29 is 15.0 Å². The topological polar surface area (TPSA) is 95.6 Å². The fourth-order valence-corrected chi connectivity index (χ4v) is 2.09. The van der Waals surface area contributed by atoms with E-state index in [-0.39, 0.29) is 25.5 Å². The predicted molar refractivity (Wildman–Crippen MR) is 60.7 cm³/mol. The number of nitrogens with one attached hydrogen (secondary N) is 1. The summed E-state index contributed by atoms with van der Waals surface area (Å²) in [6.07, 6.45) is 4.15. The van der Waals surface area contributed by atoms with Gasteiger partial charge in [-0.25, -0.2) is 0 Å². The van der Waals surface area contributed by atoms with Crippen LogP contribution < -0.4 is 11.1 Å². The van der Waals surface area contributed by atoms with Crippen LogP contribution in [0.1, 0.15) is 39.0 Å². The fraction of sp³-hybridized carbons (Fsp3) is 0.909. The molecule has 0 bridgehead atoms. The molecule has 16 heavy (non-hydrogen) atoms. The Balaban J connectivity index is 2.46. The average Bonchev–Trinajstić information content (AvgIpc) is 2.64. The molecule has 1 rings (SSSR count). The van der Waals surface area contributed by atoms with Gasteiger partial charge in [0, 0.05) is 12.0 Å². The highest BCUT2D eigenvalue weighted by Crippen LogP contribution is 2.30. The zero-order valence-electron chi connectivity index (χ0n) is 9.83. The zero-order chi connectivity index (χ0) is 12.2. The van der Waals surface area contributed by atoms with Crippen LogP contribution in [0.25, 0.3) is 0 Å². The Bertz CT molecular complexity index is 238. The van der Waals surface area contributed by atoms with Gasteiger partial charge in [0.05, 0.1) is 18.8 Å². The molecule has 0 aromatic carbocycles. The second-order valence-corrected chi connectivity index (χ2v) is 5.17. The minimum atomic E-state index is -0.952. The minimum absolute atomic E-state index is 0.199. The SMILES string of the molecule is CC(CO)(CO)NC(=O)CC1(N)CCCC1. The highest BCUT2D eigenvalue weighted by Gasteiger charge is 2.33. The molecule has 0 saturated heterocycles. The Labute approximate surface area is 96.0 Å². The van der Waals surface area contributed by atoms with Gasteiger partial charge in [0.25, 0.3) is 0 Å². The molecule has 0 radical (unpaired) electrons. The Morgan fingerprint density at radius 2 is 1.88 bits per heavy atom. The smallest absolute Gasteiger partial charge is 0.222 e. The van der Waals surface area contributed by atoms with Crippen LogP contribution >= 0.6 is 0 Å². The van der Waals surface area contributed by atoms with Crippen molar-refractivity contribution >= 4 is 5.91 Å². The Kier molecular flexibility index (Phi) is 4.29. The molecule has 1 amide bonds. The molecule has 1 aliphatic rings. The monoisotopic (exact) mass is 230 g/mol. The lowest BCUT2D eigenvalue weighted by Crippen LogP contribution is -2.54. The van der Waals surface area contributed by atoms with E-state index in [0.29, 0.717) is 0 Å². The summed E-state index contributed by atoms with van der Waals surface area (Å²) in [5.74, 6) is -0.199. The maximum absolute atomic E-state index is 11.7. The first-order chi connectivity index (χ1) is 7.43. The predicted octanol–water partition coefficient (Wildman–Crippen LogP) is -0.492. The lowest BCUT2D eigenvalue weighted by atomic mass is 9.93. The fourth-order valence-electron chi connectivity index (χ4n) is 2.09. The van der Waals surface area contributed by atoms with Crippen molar-refractivity contribution in [3.63, 3.8) is 0 Å². The van der Waals surface area contributed by atoms with Gasteiger partial charge < -0.3 is 21.3 Å². The van der Waals surface area contributed by atoms with Crippen molar-refractivity contribution in [1.29, 1.82) is 0 Å². The maximum Gasteiger partial charge on any atom is 0.222 e. The third-order valence-corrected chi connectivity index (χ3v) is 3.25. The number of carbonyl (C=O) groups excluding carboxylic acids is 1. The third kappa shape index (κ3) is 3.43. The van der Waals surface area contributed by atoms with Crippen LogP contribution in [0.2, 0.25) is 0 Å². The van der Waals surface area contributed by atoms with E-state index in [0.717, 1.165) is 25.7 Å². The second-order valence-electron chi connectivity index (χ2n) is 5.17. The number of carbonyl (C=O) groups is 1. The summed E-state index contributed by atoms with van der Waals surface area (Å²) in [6.45, 7) is 1.03. The molecule has 0 aliphatic heterocycles. The van der Waals surface area contributed by atoms with Crippen LogP contribution in [-0.2, 0) is 4.79 Å². The Morgan fingerprint density at radius 1 is 1.38 bits per heavy atom. The second kappa shape index (κ2) is 5.12. The van der Waals surface area contributed by atoms with Gasteiger partial charge in [-0.3, -0.25) is 4.79 Å². The summed E-state index contributed by atoms with van der Waals surface area (Å²) < 4.78 is 0. The molecule has 1 fully saturated rings. The molecule has 1 saturated carbocycles. The minimum Gasteiger partial charge on any atom is -0.394 e. The average molecular weight is 230 g/mol. The van der Waals surface area contributed by atoms with Gasteiger partial charge in [-0.2, -0.15) is 0 Å². The number of aliphatic hydroxyl groups excluding tert-OH is 2. The number of nitrogens with two attached hydrogens (primary N) is 1. The number of amides is 1. The number of rotatable bonds is 5. The summed E-state index contributed by atoms with van der Waals surface area (Å²) in [6, 6.07) is 0. The van der Waals surface area contributed by atoms with Gasteiger partial charge in [-0.15, -0.1) is 0 Å². The van der Waals surface area contributed by atoms with Gasteiger partial charge >= 0.3 is 0 Å². The van der Waals surface area contributed by atoms with E-state index in [1.54, 1.807) is 6.92 Å². The van der Waals surface area contributed by atoms with Gasteiger partial charge in [-0.1, -0.05) is 12.8 Å². The molecule has 5 heteroatoms. The van der Waals surface area contributed by atoms with Gasteiger partial charge in [0.1, 0.15) is 0 Å². The first-order valence-electron chi connectivity index (χ1n) is 5.75. The molecule has 5 nitrogen and oxygen atoms in total. The summed E-state index contributed by atoms with van der Waals surface area (Å²) in [4.78, 5) is 11.7. The third-order valence-electron chi connectivity index (χ3n) is 3.25. The molecule has 0 unspecified atom stereocenters. The molecule has 0 aromatic rings. The Morgan fingerprint density at radius 3 is 2.31 bits per heavy atom. The van der Waals surface area contributed by atoms with Crippen molar-refractivity contribution in [2.75, 3.05) is 13.2 Å². The van der Waals surface area contributed by atoms with E-state index >= 15 is 0 Å². The normalized spacial score (nSPS) is 19.8. The molecule has 0 aromatic heterocycles. The molecular formula is C11H22N2O3. The van der Waals surface area contributed by atoms with E-state index < -0.39 is 11.1 Å². The lowest BCUT2D eigenvalue weighted by Gasteiger charge is -2.29. The van der Waals surface area contributed by atoms with Crippen molar-refractivity contribution in [3.05, 3.63) is 0 Å². The molecular weight excluding hydrogens is 208 g/mol. The lowest BCUT2D eigenvalue weighted by molar-refractivity contribution is -0.125. The quantitative estimate of drug-likeness (QED) is 0.512. The number of hydrogen-bond acceptors (Lipinski definition) is 4. The Hall–Kier alpha value is -0.650. The number of aliphatic hydroxyl groups is 2. The largest absolute Gasteiger partial charge is 0.394 e. The van der Waals surface area contributed by atoms with Crippen molar-refractivity contribution in [3.8, 4) is 0 Å². The van der Waals surface area contributed by atoms with Crippen molar-refractivity contribution in [2.45, 2.75) is 50.1 Å². The van der Waals surface area contributed by atoms with E-state index in [1.807, 2.05) is 0 Å². The van der Waals surface area contributed by atoms with E-state index in [9.17, 15) is 4.79 Å². The molecule has 0 heterocycles. The van der Waals surface area contributed by atoms with E-state index in [4.69, 9.17) is 15.9 Å². The van der Waals surface area contributed by atoms with Crippen molar-refractivity contribution in [1.82, 2.24) is 5.32 Å². The van der Waals surface area contributed by atoms with Gasteiger partial charge in [0.2, 0.25) is 5.91 Å². The van der Waals surface area contributed by atoms with Crippen LogP contribution in [0.3, 0.4) is 0 Å². The van der Waals surface area contributed by atoms with E-state index in [2.05, 4.69) is 5.32 Å². The standard InChI is InChI=1S/C11H22N2O3/c1-10(7-14,8-15)13-9(16)6-11(12)4-2-3-5-11/h14-15H,2-8,12H2,1H3,(H,13,16). The molecule has 0 atom stereocenters. The van der Waals surface area contributed by atoms with Crippen LogP contribution in [0, 0.1) is 0 Å². The first-order valence-corrected chi connectivity index (χ1v) is 5.75. The van der Waals surface area contributed by atoms with Crippen LogP contribution in [-0.4, -0.2) is 40.4 Å². The van der Waals surface area contributed by atoms with E-state index in [1.165, 1.54) is 0 Å². The number of hydrogen-bond donors (Lipinski definition) is 4. The van der Waals surface area contributed by atoms with Gasteiger partial charge in [0.15, 0.2) is 0 Å². The first kappa shape index (κ1) is 13.4. The molecule has 5 N–H and O–H groups in total. The van der Waals surface area contributed by atoms with Crippen molar-refractivity contribution in [2.24, 2.45) is 5.73 Å². The summed E-state index contributed by atoms with van der Waals surface area (Å²) in [5.41, 5.74) is 4.73. The zero-order valence-corrected chi connectivity index (χ0v) is 9.83. The van der Waals surface area contributed by atoms with Gasteiger partial charge in [-0.05, 0) is 19.8 Å². The highest BCUT2D eigenvalue weighted by atomic mass is 16.3. The summed E-state index contributed by atoms with van der Waals surface area (Å²) >= 11 is 0. The highest BCUT2D eigenvalue weighted by molar-refractivity contribution is 5.78. The van der Waals surface area contributed by atoms with Crippen LogP contribution in [0.15, 0.2) is 0 Å². The molecule has 94 valence electrons. The summed E-state index contributed by atoms with van der Waals surface area (Å²) in [7, 11) is 0. The molecule has 0 spiro atoms. The molecule has 1 aliphatic carbocycles. The van der Waals surface area contributed by atoms with Crippen LogP contribution in [0.5, 0.6) is 0 Å². The maximum atomic E-state index is 11.7. The summed E-state index contributed by atoms with van der Waals surface area (Å²) in [5, 5.41) is 20.7. The van der Waals surface area contributed by atoms with Crippen LogP contribution in [0.4, 0.5) is 0 Å².